The van der Waals surface area contributed by atoms with Crippen LogP contribution in [0.15, 0.2) is 18.3 Å². The van der Waals surface area contributed by atoms with Gasteiger partial charge in [0.15, 0.2) is 0 Å². The average Bonchev–Trinajstić information content (AvgIpc) is 2.47. The number of nitrogens with two attached hydrogens (primary N) is 1. The number of pyridine rings is 1. The second-order valence-corrected chi connectivity index (χ2v) is 5.10. The van der Waals surface area contributed by atoms with Crippen LogP contribution in [-0.4, -0.2) is 55.1 Å². The van der Waals surface area contributed by atoms with Crippen LogP contribution in [0.2, 0.25) is 0 Å². The monoisotopic (exact) mass is 350 g/mol. The average molecular weight is 351 g/mol. The van der Waals surface area contributed by atoms with E-state index >= 15 is 0 Å². The standard InChI is InChI=1S/C14H22N4O2.2ClH/c1-11(15)9-14(19)18-7-5-17(6-8-18)13-10-12(20-2)3-4-16-13;;/h3-4,10-11H,5-9,15H2,1-2H3;2*1H. The highest BCUT2D eigenvalue weighted by molar-refractivity contribution is 5.85. The third-order valence-corrected chi connectivity index (χ3v) is 3.41. The third-order valence-electron chi connectivity index (χ3n) is 3.41. The highest BCUT2D eigenvalue weighted by Crippen LogP contribution is 2.19. The molecule has 22 heavy (non-hydrogen) atoms. The molecule has 2 N–H and O–H groups in total. The third kappa shape index (κ3) is 5.51. The van der Waals surface area contributed by atoms with Crippen LogP contribution in [0.1, 0.15) is 13.3 Å². The molecule has 8 heteroatoms. The molecule has 126 valence electrons. The molecular formula is C14H24Cl2N4O2. The Kier molecular flexibility index (Phi) is 9.16. The van der Waals surface area contributed by atoms with Crippen LogP contribution in [0.5, 0.6) is 5.75 Å². The number of piperazine rings is 1. The number of ether oxygens (including phenoxy) is 1. The van der Waals surface area contributed by atoms with Crippen molar-refractivity contribution in [2.24, 2.45) is 5.73 Å². The van der Waals surface area contributed by atoms with Crippen LogP contribution in [0, 0.1) is 0 Å². The molecule has 6 nitrogen and oxygen atoms in total. The van der Waals surface area contributed by atoms with Crippen molar-refractivity contribution in [3.63, 3.8) is 0 Å². The van der Waals surface area contributed by atoms with Gasteiger partial charge in [0.05, 0.1) is 7.11 Å². The Hall–Kier alpha value is -1.24. The summed E-state index contributed by atoms with van der Waals surface area (Å²) < 4.78 is 5.20. The maximum atomic E-state index is 11.9. The van der Waals surface area contributed by atoms with Crippen molar-refractivity contribution in [3.8, 4) is 5.75 Å². The number of carbonyl (C=O) groups excluding carboxylic acids is 1. The Labute approximate surface area is 143 Å². The maximum Gasteiger partial charge on any atom is 0.224 e. The predicted molar refractivity (Wildman–Crippen MR) is 92.3 cm³/mol. The molecular weight excluding hydrogens is 327 g/mol. The topological polar surface area (TPSA) is 71.7 Å². The van der Waals surface area contributed by atoms with Crippen LogP contribution >= 0.6 is 24.8 Å². The van der Waals surface area contributed by atoms with E-state index in [0.29, 0.717) is 19.5 Å². The zero-order valence-corrected chi connectivity index (χ0v) is 14.5. The molecule has 0 radical (unpaired) electrons. The largest absolute Gasteiger partial charge is 0.497 e. The summed E-state index contributed by atoms with van der Waals surface area (Å²) in [6.45, 7) is 4.85. The van der Waals surface area contributed by atoms with Crippen molar-refractivity contribution >= 4 is 36.5 Å². The molecule has 0 saturated carbocycles. The molecule has 0 bridgehead atoms. The van der Waals surface area contributed by atoms with E-state index in [2.05, 4.69) is 9.88 Å². The fraction of sp³-hybridized carbons (Fsp3) is 0.571. The second kappa shape index (κ2) is 9.71. The molecule has 1 saturated heterocycles. The molecule has 1 unspecified atom stereocenters. The van der Waals surface area contributed by atoms with Gasteiger partial charge in [0.1, 0.15) is 11.6 Å². The molecule has 1 aliphatic rings. The smallest absolute Gasteiger partial charge is 0.224 e. The van der Waals surface area contributed by atoms with Crippen molar-refractivity contribution in [2.75, 3.05) is 38.2 Å². The zero-order chi connectivity index (χ0) is 14.5. The number of aromatic nitrogens is 1. The van der Waals surface area contributed by atoms with Crippen molar-refractivity contribution in [1.29, 1.82) is 0 Å². The lowest BCUT2D eigenvalue weighted by atomic mass is 10.2. The molecule has 1 atom stereocenters. The number of hydrogen-bond acceptors (Lipinski definition) is 5. The molecule has 0 spiro atoms. The molecule has 2 rings (SSSR count). The van der Waals surface area contributed by atoms with Gasteiger partial charge in [-0.3, -0.25) is 4.79 Å². The number of amides is 1. The lowest BCUT2D eigenvalue weighted by Gasteiger charge is -2.35. The van der Waals surface area contributed by atoms with E-state index in [1.54, 1.807) is 13.3 Å². The number of halogens is 2. The van der Waals surface area contributed by atoms with Gasteiger partial charge in [-0.25, -0.2) is 4.98 Å². The highest BCUT2D eigenvalue weighted by atomic mass is 35.5. The first-order chi connectivity index (χ1) is 9.60. The molecule has 0 aliphatic carbocycles. The first-order valence-corrected chi connectivity index (χ1v) is 6.88. The highest BCUT2D eigenvalue weighted by Gasteiger charge is 2.22. The lowest BCUT2D eigenvalue weighted by molar-refractivity contribution is -0.131. The minimum absolute atomic E-state index is 0. The van der Waals surface area contributed by atoms with Gasteiger partial charge >= 0.3 is 0 Å². The van der Waals surface area contributed by atoms with Crippen LogP contribution in [0.4, 0.5) is 5.82 Å². The summed E-state index contributed by atoms with van der Waals surface area (Å²) in [5, 5.41) is 0. The Balaban J connectivity index is 0.00000220. The Morgan fingerprint density at radius 1 is 1.36 bits per heavy atom. The van der Waals surface area contributed by atoms with E-state index in [9.17, 15) is 4.79 Å². The summed E-state index contributed by atoms with van der Waals surface area (Å²) in [5.74, 6) is 1.83. The van der Waals surface area contributed by atoms with Gasteiger partial charge in [-0.1, -0.05) is 0 Å². The van der Waals surface area contributed by atoms with Gasteiger partial charge < -0.3 is 20.3 Å². The summed E-state index contributed by atoms with van der Waals surface area (Å²) >= 11 is 0. The number of rotatable bonds is 4. The summed E-state index contributed by atoms with van der Waals surface area (Å²) in [6.07, 6.45) is 2.15. The normalized spacial score (nSPS) is 15.4. The van der Waals surface area contributed by atoms with Gasteiger partial charge in [0.25, 0.3) is 0 Å². The van der Waals surface area contributed by atoms with E-state index < -0.39 is 0 Å². The molecule has 1 aliphatic heterocycles. The van der Waals surface area contributed by atoms with Crippen LogP contribution in [0.25, 0.3) is 0 Å². The number of anilines is 1. The first-order valence-electron chi connectivity index (χ1n) is 6.88. The molecule has 0 aromatic carbocycles. The number of hydrogen-bond donors (Lipinski definition) is 1. The molecule has 1 aromatic rings. The van der Waals surface area contributed by atoms with E-state index in [1.165, 1.54) is 0 Å². The lowest BCUT2D eigenvalue weighted by Crippen LogP contribution is -2.49. The number of carbonyl (C=O) groups is 1. The van der Waals surface area contributed by atoms with Crippen molar-refractivity contribution < 1.29 is 9.53 Å². The van der Waals surface area contributed by atoms with Crippen LogP contribution in [0.3, 0.4) is 0 Å². The van der Waals surface area contributed by atoms with E-state index in [1.807, 2.05) is 24.0 Å². The van der Waals surface area contributed by atoms with Crippen molar-refractivity contribution in [3.05, 3.63) is 18.3 Å². The quantitative estimate of drug-likeness (QED) is 0.886. The maximum absolute atomic E-state index is 11.9. The van der Waals surface area contributed by atoms with E-state index in [4.69, 9.17) is 10.5 Å². The Bertz CT molecular complexity index is 466. The summed E-state index contributed by atoms with van der Waals surface area (Å²) in [4.78, 5) is 20.3. The fourth-order valence-corrected chi connectivity index (χ4v) is 2.29. The summed E-state index contributed by atoms with van der Waals surface area (Å²) in [5.41, 5.74) is 5.67. The van der Waals surface area contributed by atoms with Gasteiger partial charge in [-0.15, -0.1) is 24.8 Å². The van der Waals surface area contributed by atoms with Gasteiger partial charge in [-0.2, -0.15) is 0 Å². The Morgan fingerprint density at radius 2 is 2.00 bits per heavy atom. The predicted octanol–water partition coefficient (Wildman–Crippen LogP) is 1.32. The minimum atomic E-state index is -0.0828. The second-order valence-electron chi connectivity index (χ2n) is 5.10. The number of nitrogens with zero attached hydrogens (tertiary/aromatic N) is 3. The molecule has 2 heterocycles. The fourth-order valence-electron chi connectivity index (χ4n) is 2.29. The van der Waals surface area contributed by atoms with Crippen molar-refractivity contribution in [2.45, 2.75) is 19.4 Å². The van der Waals surface area contributed by atoms with Crippen molar-refractivity contribution in [1.82, 2.24) is 9.88 Å². The minimum Gasteiger partial charge on any atom is -0.497 e. The molecule has 1 aromatic heterocycles. The van der Waals surface area contributed by atoms with Gasteiger partial charge in [0.2, 0.25) is 5.91 Å². The zero-order valence-electron chi connectivity index (χ0n) is 12.9. The van der Waals surface area contributed by atoms with Crippen LogP contribution < -0.4 is 15.4 Å². The first kappa shape index (κ1) is 20.8. The summed E-state index contributed by atoms with van der Waals surface area (Å²) in [7, 11) is 1.64. The van der Waals surface area contributed by atoms with Crippen LogP contribution in [-0.2, 0) is 4.79 Å². The number of methoxy groups -OCH3 is 1. The SMILES string of the molecule is COc1ccnc(N2CCN(C(=O)CC(C)N)CC2)c1.Cl.Cl. The molecule has 1 fully saturated rings. The molecule has 1 amide bonds. The van der Waals surface area contributed by atoms with E-state index in [-0.39, 0.29) is 36.8 Å². The van der Waals surface area contributed by atoms with E-state index in [0.717, 1.165) is 24.7 Å². The Morgan fingerprint density at radius 3 is 2.55 bits per heavy atom. The van der Waals surface area contributed by atoms with Gasteiger partial charge in [-0.05, 0) is 13.0 Å². The van der Waals surface area contributed by atoms with Gasteiger partial charge in [0, 0.05) is 50.9 Å². The summed E-state index contributed by atoms with van der Waals surface area (Å²) in [6, 6.07) is 3.66.